The number of nitrogens with zero attached hydrogens (tertiary/aromatic N) is 1. The standard InChI is InChI=1S/C20H22ClN3O4/c1-12(2)18(19(26)23-15-5-7-16(28-3)8-6-15)20(27)24-22-11-13-10-14(21)4-9-17(13)25/h4-12,18,25H,1-3H3,(H,23,26)(H,24,27)/b22-11+. The number of nitrogens with one attached hydrogen (secondary N) is 2. The van der Waals surface area contributed by atoms with Gasteiger partial charge in [0.05, 0.1) is 13.3 Å². The fraction of sp³-hybridized carbons (Fsp3) is 0.250. The quantitative estimate of drug-likeness (QED) is 0.374. The number of carbonyl (C=O) groups excluding carboxylic acids is 2. The van der Waals surface area contributed by atoms with Gasteiger partial charge in [0.1, 0.15) is 17.4 Å². The molecular weight excluding hydrogens is 382 g/mol. The molecule has 2 aromatic carbocycles. The molecule has 0 saturated carbocycles. The average Bonchev–Trinajstić information content (AvgIpc) is 2.65. The minimum absolute atomic E-state index is 0.0277. The molecule has 0 spiro atoms. The molecule has 28 heavy (non-hydrogen) atoms. The number of carbonyl (C=O) groups is 2. The molecule has 148 valence electrons. The summed E-state index contributed by atoms with van der Waals surface area (Å²) in [5.41, 5.74) is 3.24. The first-order valence-corrected chi connectivity index (χ1v) is 8.96. The summed E-state index contributed by atoms with van der Waals surface area (Å²) in [6.45, 7) is 3.54. The topological polar surface area (TPSA) is 100 Å². The van der Waals surface area contributed by atoms with Crippen LogP contribution < -0.4 is 15.5 Å². The van der Waals surface area contributed by atoms with E-state index in [2.05, 4.69) is 15.8 Å². The van der Waals surface area contributed by atoms with E-state index < -0.39 is 17.7 Å². The molecule has 2 rings (SSSR count). The molecule has 0 heterocycles. The van der Waals surface area contributed by atoms with Gasteiger partial charge in [-0.05, 0) is 48.4 Å². The van der Waals surface area contributed by atoms with Crippen molar-refractivity contribution < 1.29 is 19.4 Å². The van der Waals surface area contributed by atoms with Crippen molar-refractivity contribution in [1.82, 2.24) is 5.43 Å². The Balaban J connectivity index is 2.04. The lowest BCUT2D eigenvalue weighted by Gasteiger charge is -2.18. The number of ether oxygens (including phenoxy) is 1. The van der Waals surface area contributed by atoms with Crippen LogP contribution in [0.2, 0.25) is 5.02 Å². The van der Waals surface area contributed by atoms with Crippen LogP contribution in [0.15, 0.2) is 47.6 Å². The predicted molar refractivity (Wildman–Crippen MR) is 109 cm³/mol. The number of amides is 2. The lowest BCUT2D eigenvalue weighted by atomic mass is 9.94. The number of rotatable bonds is 7. The second-order valence-corrected chi connectivity index (χ2v) is 6.81. The summed E-state index contributed by atoms with van der Waals surface area (Å²) in [5, 5.41) is 16.7. The van der Waals surface area contributed by atoms with Gasteiger partial charge in [-0.3, -0.25) is 9.59 Å². The van der Waals surface area contributed by atoms with Crippen LogP contribution in [0.25, 0.3) is 0 Å². The number of benzene rings is 2. The predicted octanol–water partition coefficient (Wildman–Crippen LogP) is 3.42. The van der Waals surface area contributed by atoms with Crippen molar-refractivity contribution in [2.45, 2.75) is 13.8 Å². The summed E-state index contributed by atoms with van der Waals surface area (Å²) in [6.07, 6.45) is 1.26. The van der Waals surface area contributed by atoms with Crippen LogP contribution >= 0.6 is 11.6 Å². The normalized spacial score (nSPS) is 12.0. The molecule has 0 fully saturated rings. The summed E-state index contributed by atoms with van der Waals surface area (Å²) in [6, 6.07) is 11.3. The van der Waals surface area contributed by atoms with Crippen LogP contribution in [0.5, 0.6) is 11.5 Å². The minimum atomic E-state index is -0.952. The lowest BCUT2D eigenvalue weighted by Crippen LogP contribution is -2.39. The highest BCUT2D eigenvalue weighted by atomic mass is 35.5. The zero-order chi connectivity index (χ0) is 20.7. The average molecular weight is 404 g/mol. The maximum absolute atomic E-state index is 12.6. The first-order valence-electron chi connectivity index (χ1n) is 8.58. The minimum Gasteiger partial charge on any atom is -0.507 e. The van der Waals surface area contributed by atoms with Gasteiger partial charge in [-0.2, -0.15) is 5.10 Å². The molecular formula is C20H22ClN3O4. The zero-order valence-corrected chi connectivity index (χ0v) is 16.5. The van der Waals surface area contributed by atoms with Crippen molar-refractivity contribution in [3.8, 4) is 11.5 Å². The number of hydrogen-bond acceptors (Lipinski definition) is 5. The van der Waals surface area contributed by atoms with Crippen molar-refractivity contribution in [3.63, 3.8) is 0 Å². The number of hydrazone groups is 1. The molecule has 1 unspecified atom stereocenters. The van der Waals surface area contributed by atoms with Gasteiger partial charge in [0, 0.05) is 16.3 Å². The van der Waals surface area contributed by atoms with Gasteiger partial charge >= 0.3 is 0 Å². The van der Waals surface area contributed by atoms with Crippen molar-refractivity contribution in [3.05, 3.63) is 53.1 Å². The van der Waals surface area contributed by atoms with Gasteiger partial charge in [-0.1, -0.05) is 25.4 Å². The fourth-order valence-electron chi connectivity index (χ4n) is 2.48. The Kier molecular flexibility index (Phi) is 7.40. The Morgan fingerprint density at radius 1 is 1.14 bits per heavy atom. The Labute approximate surface area is 168 Å². The summed E-state index contributed by atoms with van der Waals surface area (Å²) in [4.78, 5) is 25.0. The highest BCUT2D eigenvalue weighted by molar-refractivity contribution is 6.30. The molecule has 8 heteroatoms. The third-order valence-electron chi connectivity index (χ3n) is 3.96. The summed E-state index contributed by atoms with van der Waals surface area (Å²) < 4.78 is 5.08. The number of phenolic OH excluding ortho intramolecular Hbond substituents is 1. The lowest BCUT2D eigenvalue weighted by molar-refractivity contribution is -0.134. The number of anilines is 1. The molecule has 0 saturated heterocycles. The monoisotopic (exact) mass is 403 g/mol. The molecule has 0 aromatic heterocycles. The van der Waals surface area contributed by atoms with E-state index in [1.54, 1.807) is 45.2 Å². The maximum Gasteiger partial charge on any atom is 0.252 e. The molecule has 2 amide bonds. The molecule has 7 nitrogen and oxygen atoms in total. The van der Waals surface area contributed by atoms with E-state index in [1.165, 1.54) is 24.4 Å². The van der Waals surface area contributed by atoms with Crippen LogP contribution in [0.1, 0.15) is 19.4 Å². The molecule has 2 aromatic rings. The largest absolute Gasteiger partial charge is 0.507 e. The van der Waals surface area contributed by atoms with Crippen LogP contribution in [0, 0.1) is 11.8 Å². The van der Waals surface area contributed by atoms with E-state index in [-0.39, 0.29) is 11.7 Å². The molecule has 0 radical (unpaired) electrons. The molecule has 0 aliphatic rings. The maximum atomic E-state index is 12.6. The summed E-state index contributed by atoms with van der Waals surface area (Å²) in [5.74, 6) is -1.58. The molecule has 0 bridgehead atoms. The number of phenols is 1. The first-order chi connectivity index (χ1) is 13.3. The van der Waals surface area contributed by atoms with E-state index in [1.807, 2.05) is 0 Å². The smallest absolute Gasteiger partial charge is 0.252 e. The summed E-state index contributed by atoms with van der Waals surface area (Å²) in [7, 11) is 1.55. The van der Waals surface area contributed by atoms with E-state index in [0.29, 0.717) is 22.0 Å². The van der Waals surface area contributed by atoms with Crippen LogP contribution in [-0.4, -0.2) is 30.2 Å². The molecule has 1 atom stereocenters. The van der Waals surface area contributed by atoms with E-state index >= 15 is 0 Å². The first kappa shape index (κ1) is 21.2. The highest BCUT2D eigenvalue weighted by Gasteiger charge is 2.29. The fourth-order valence-corrected chi connectivity index (χ4v) is 2.66. The van der Waals surface area contributed by atoms with Gasteiger partial charge in [-0.25, -0.2) is 5.43 Å². The van der Waals surface area contributed by atoms with Gasteiger partial charge in [0.25, 0.3) is 5.91 Å². The number of methoxy groups -OCH3 is 1. The van der Waals surface area contributed by atoms with Gasteiger partial charge in [0.2, 0.25) is 5.91 Å². The third-order valence-corrected chi connectivity index (χ3v) is 4.19. The molecule has 0 aliphatic carbocycles. The Morgan fingerprint density at radius 3 is 2.43 bits per heavy atom. The number of hydrogen-bond donors (Lipinski definition) is 3. The van der Waals surface area contributed by atoms with Crippen molar-refractivity contribution >= 4 is 35.3 Å². The highest BCUT2D eigenvalue weighted by Crippen LogP contribution is 2.20. The van der Waals surface area contributed by atoms with Gasteiger partial charge < -0.3 is 15.2 Å². The van der Waals surface area contributed by atoms with Crippen LogP contribution in [-0.2, 0) is 9.59 Å². The zero-order valence-electron chi connectivity index (χ0n) is 15.8. The Hall–Kier alpha value is -3.06. The second kappa shape index (κ2) is 9.75. The van der Waals surface area contributed by atoms with Crippen LogP contribution in [0.3, 0.4) is 0 Å². The summed E-state index contributed by atoms with van der Waals surface area (Å²) >= 11 is 5.87. The van der Waals surface area contributed by atoms with Crippen molar-refractivity contribution in [1.29, 1.82) is 0 Å². The van der Waals surface area contributed by atoms with Gasteiger partial charge in [-0.15, -0.1) is 0 Å². The van der Waals surface area contributed by atoms with E-state index in [0.717, 1.165) is 0 Å². The molecule has 3 N–H and O–H groups in total. The second-order valence-electron chi connectivity index (χ2n) is 6.38. The Bertz CT molecular complexity index is 866. The Morgan fingerprint density at radius 2 is 1.82 bits per heavy atom. The third kappa shape index (κ3) is 5.72. The van der Waals surface area contributed by atoms with E-state index in [4.69, 9.17) is 16.3 Å². The SMILES string of the molecule is COc1ccc(NC(=O)C(C(=O)N/N=C/c2cc(Cl)ccc2O)C(C)C)cc1. The van der Waals surface area contributed by atoms with Crippen molar-refractivity contribution in [2.75, 3.05) is 12.4 Å². The van der Waals surface area contributed by atoms with Crippen molar-refractivity contribution in [2.24, 2.45) is 16.9 Å². The number of halogens is 1. The van der Waals surface area contributed by atoms with E-state index in [9.17, 15) is 14.7 Å². The van der Waals surface area contributed by atoms with Gasteiger partial charge in [0.15, 0.2) is 0 Å². The molecule has 0 aliphatic heterocycles. The number of aromatic hydroxyl groups is 1. The van der Waals surface area contributed by atoms with Crippen LogP contribution in [0.4, 0.5) is 5.69 Å².